The maximum absolute atomic E-state index is 11.9. The summed E-state index contributed by atoms with van der Waals surface area (Å²) in [6, 6.07) is 7.97. The van der Waals surface area contributed by atoms with Gasteiger partial charge in [0.25, 0.3) is 10.1 Å². The summed E-state index contributed by atoms with van der Waals surface area (Å²) in [4.78, 5) is 11.8. The lowest BCUT2D eigenvalue weighted by Crippen LogP contribution is -2.15. The number of esters is 1. The molecule has 1 aromatic rings. The van der Waals surface area contributed by atoms with Crippen LogP contribution < -0.4 is 0 Å². The Bertz CT molecular complexity index is 789. The second-order valence-electron chi connectivity index (χ2n) is 8.74. The van der Waals surface area contributed by atoms with Crippen molar-refractivity contribution in [3.63, 3.8) is 0 Å². The summed E-state index contributed by atoms with van der Waals surface area (Å²) >= 11 is 0. The predicted molar refractivity (Wildman–Crippen MR) is 147 cm³/mol. The Morgan fingerprint density at radius 3 is 1.54 bits per heavy atom. The van der Waals surface area contributed by atoms with Gasteiger partial charge in [-0.1, -0.05) is 63.6 Å². The van der Waals surface area contributed by atoms with Gasteiger partial charge in [-0.15, -0.1) is 0 Å². The van der Waals surface area contributed by atoms with Gasteiger partial charge in [0.1, 0.15) is 6.61 Å². The maximum Gasteiger partial charge on any atom is 0.305 e. The standard InChI is InChI=1S/C28H48O10S/c1-2-3-4-5-6-7-11-14-28(29)37-25-23-35-21-19-33-17-15-32-16-18-34-20-22-36-24-26-38-39(30,31)27-12-9-8-10-13-27/h8-10,12-13H,2-7,11,14-26H2,1H3. The summed E-state index contributed by atoms with van der Waals surface area (Å²) in [5.74, 6) is -0.154. The highest BCUT2D eigenvalue weighted by atomic mass is 32.2. The highest BCUT2D eigenvalue weighted by Gasteiger charge is 2.13. The summed E-state index contributed by atoms with van der Waals surface area (Å²) in [6.45, 7) is 6.26. The van der Waals surface area contributed by atoms with E-state index < -0.39 is 10.1 Å². The molecule has 1 aromatic carbocycles. The normalized spacial score (nSPS) is 11.6. The van der Waals surface area contributed by atoms with Crippen LogP contribution in [-0.4, -0.2) is 93.7 Å². The van der Waals surface area contributed by atoms with Gasteiger partial charge < -0.3 is 28.4 Å². The first kappa shape index (κ1) is 35.4. The molecule has 0 spiro atoms. The fourth-order valence-corrected chi connectivity index (χ4v) is 4.27. The molecule has 226 valence electrons. The number of hydrogen-bond acceptors (Lipinski definition) is 10. The lowest BCUT2D eigenvalue weighted by atomic mass is 10.1. The van der Waals surface area contributed by atoms with Crippen LogP contribution in [0.3, 0.4) is 0 Å². The average molecular weight is 577 g/mol. The SMILES string of the molecule is CCCCCCCCCC(=O)OCCOCCOCCOCCOCCOCCOS(=O)(=O)c1ccccc1. The van der Waals surface area contributed by atoms with Gasteiger partial charge in [0.2, 0.25) is 0 Å². The predicted octanol–water partition coefficient (Wildman–Crippen LogP) is 4.16. The molecule has 0 saturated carbocycles. The molecule has 0 N–H and O–H groups in total. The Balaban J connectivity index is 1.74. The van der Waals surface area contributed by atoms with Crippen molar-refractivity contribution in [1.29, 1.82) is 0 Å². The molecule has 0 atom stereocenters. The minimum atomic E-state index is -3.75. The first-order chi connectivity index (χ1) is 19.1. The largest absolute Gasteiger partial charge is 0.463 e. The van der Waals surface area contributed by atoms with Gasteiger partial charge in [-0.3, -0.25) is 8.98 Å². The number of unbranched alkanes of at least 4 members (excludes halogenated alkanes) is 6. The van der Waals surface area contributed by atoms with Gasteiger partial charge in [-0.25, -0.2) is 0 Å². The minimum absolute atomic E-state index is 0.0574. The zero-order valence-electron chi connectivity index (χ0n) is 23.5. The molecule has 0 amide bonds. The zero-order valence-corrected chi connectivity index (χ0v) is 24.3. The van der Waals surface area contributed by atoms with E-state index in [1.54, 1.807) is 18.2 Å². The Kier molecular flexibility index (Phi) is 23.0. The fraction of sp³-hybridized carbons (Fsp3) is 0.750. The van der Waals surface area contributed by atoms with Crippen LogP contribution >= 0.6 is 0 Å². The van der Waals surface area contributed by atoms with Gasteiger partial charge in [-0.05, 0) is 18.6 Å². The number of rotatable bonds is 28. The lowest BCUT2D eigenvalue weighted by molar-refractivity contribution is -0.145. The van der Waals surface area contributed by atoms with Crippen LogP contribution in [0.4, 0.5) is 0 Å². The van der Waals surface area contributed by atoms with Crippen molar-refractivity contribution in [3.8, 4) is 0 Å². The Morgan fingerprint density at radius 2 is 1.03 bits per heavy atom. The van der Waals surface area contributed by atoms with Gasteiger partial charge in [-0.2, -0.15) is 8.42 Å². The third-order valence-electron chi connectivity index (χ3n) is 5.46. The first-order valence-electron chi connectivity index (χ1n) is 14.0. The number of benzene rings is 1. The molecule has 0 aliphatic heterocycles. The number of ether oxygens (including phenoxy) is 6. The van der Waals surface area contributed by atoms with Crippen molar-refractivity contribution in [3.05, 3.63) is 30.3 Å². The van der Waals surface area contributed by atoms with Crippen LogP contribution in [0.25, 0.3) is 0 Å². The van der Waals surface area contributed by atoms with Crippen LogP contribution in [0, 0.1) is 0 Å². The maximum atomic E-state index is 11.9. The molecular weight excluding hydrogens is 528 g/mol. The lowest BCUT2D eigenvalue weighted by Gasteiger charge is -2.09. The van der Waals surface area contributed by atoms with E-state index in [1.165, 1.54) is 44.2 Å². The molecule has 10 nitrogen and oxygen atoms in total. The Hall–Kier alpha value is -1.60. The summed E-state index contributed by atoms with van der Waals surface area (Å²) < 4.78 is 60.9. The smallest absolute Gasteiger partial charge is 0.305 e. The highest BCUT2D eigenvalue weighted by molar-refractivity contribution is 7.86. The Morgan fingerprint density at radius 1 is 0.590 bits per heavy atom. The first-order valence-corrected chi connectivity index (χ1v) is 15.5. The third kappa shape index (κ3) is 21.9. The molecule has 0 fully saturated rings. The van der Waals surface area contributed by atoms with E-state index in [0.29, 0.717) is 65.9 Å². The molecule has 0 saturated heterocycles. The Labute approximate surface area is 234 Å². The second-order valence-corrected chi connectivity index (χ2v) is 10.4. The van der Waals surface area contributed by atoms with E-state index in [9.17, 15) is 13.2 Å². The van der Waals surface area contributed by atoms with E-state index in [1.807, 2.05) is 0 Å². The number of carbonyl (C=O) groups excluding carboxylic acids is 1. The molecule has 0 heterocycles. The van der Waals surface area contributed by atoms with Gasteiger partial charge in [0.15, 0.2) is 0 Å². The van der Waals surface area contributed by atoms with Crippen molar-refractivity contribution >= 4 is 16.1 Å². The van der Waals surface area contributed by atoms with Crippen molar-refractivity contribution in [2.75, 3.05) is 79.3 Å². The van der Waals surface area contributed by atoms with Crippen LogP contribution in [0.2, 0.25) is 0 Å². The van der Waals surface area contributed by atoms with E-state index >= 15 is 0 Å². The van der Waals surface area contributed by atoms with E-state index in [-0.39, 0.29) is 30.7 Å². The third-order valence-corrected chi connectivity index (χ3v) is 6.79. The second kappa shape index (κ2) is 25.4. The topological polar surface area (TPSA) is 116 Å². The van der Waals surface area contributed by atoms with Crippen molar-refractivity contribution in [2.24, 2.45) is 0 Å². The summed E-state index contributed by atoms with van der Waals surface area (Å²) in [5.41, 5.74) is 0. The number of carbonyl (C=O) groups is 1. The van der Waals surface area contributed by atoms with Crippen molar-refractivity contribution in [1.82, 2.24) is 0 Å². The molecular formula is C28H48O10S. The monoisotopic (exact) mass is 576 g/mol. The van der Waals surface area contributed by atoms with Crippen LogP contribution in [0.5, 0.6) is 0 Å². The van der Waals surface area contributed by atoms with Crippen molar-refractivity contribution in [2.45, 2.75) is 63.2 Å². The number of hydrogen-bond donors (Lipinski definition) is 0. The average Bonchev–Trinajstić information content (AvgIpc) is 2.94. The van der Waals surface area contributed by atoms with Crippen LogP contribution in [0.1, 0.15) is 58.3 Å². The summed E-state index contributed by atoms with van der Waals surface area (Å²) in [7, 11) is -3.75. The molecule has 0 aromatic heterocycles. The molecule has 0 unspecified atom stereocenters. The molecule has 39 heavy (non-hydrogen) atoms. The van der Waals surface area contributed by atoms with E-state index in [2.05, 4.69) is 6.92 Å². The zero-order chi connectivity index (χ0) is 28.3. The van der Waals surface area contributed by atoms with Crippen LogP contribution in [0.15, 0.2) is 35.2 Å². The van der Waals surface area contributed by atoms with Gasteiger partial charge in [0, 0.05) is 6.42 Å². The molecule has 0 radical (unpaired) electrons. The van der Waals surface area contributed by atoms with Crippen LogP contribution in [-0.2, 0) is 47.5 Å². The van der Waals surface area contributed by atoms with E-state index in [4.69, 9.17) is 32.6 Å². The minimum Gasteiger partial charge on any atom is -0.463 e. The molecule has 1 rings (SSSR count). The molecule has 11 heteroatoms. The fourth-order valence-electron chi connectivity index (χ4n) is 3.35. The quantitative estimate of drug-likeness (QED) is 0.0818. The van der Waals surface area contributed by atoms with Gasteiger partial charge in [0.05, 0.1) is 77.6 Å². The highest BCUT2D eigenvalue weighted by Crippen LogP contribution is 2.11. The van der Waals surface area contributed by atoms with Gasteiger partial charge >= 0.3 is 5.97 Å². The van der Waals surface area contributed by atoms with E-state index in [0.717, 1.165) is 12.8 Å². The van der Waals surface area contributed by atoms with Crippen molar-refractivity contribution < 1.29 is 45.8 Å². The molecule has 0 aliphatic carbocycles. The summed E-state index contributed by atoms with van der Waals surface area (Å²) in [5, 5.41) is 0. The molecule has 0 aliphatic rings. The molecule has 0 bridgehead atoms. The summed E-state index contributed by atoms with van der Waals surface area (Å²) in [6.07, 6.45) is 8.73.